The smallest absolute Gasteiger partial charge is 0.356 e. The summed E-state index contributed by atoms with van der Waals surface area (Å²) in [5.74, 6) is 4.30. The molecule has 2 aromatic carbocycles. The molecule has 2 N–H and O–H groups in total. The lowest BCUT2D eigenvalue weighted by Gasteiger charge is -2.06. The Hall–Kier alpha value is -2.13. The van der Waals surface area contributed by atoms with Crippen LogP contribution in [0.5, 0.6) is 0 Å². The Kier molecular flexibility index (Phi) is 3.21. The topological polar surface area (TPSA) is 52.3 Å². The molecule has 0 aromatic heterocycles. The van der Waals surface area contributed by atoms with Gasteiger partial charge in [0.15, 0.2) is 0 Å². The van der Waals surface area contributed by atoms with Gasteiger partial charge in [-0.1, -0.05) is 36.4 Å². The van der Waals surface area contributed by atoms with Crippen molar-refractivity contribution in [1.29, 1.82) is 0 Å². The van der Waals surface area contributed by atoms with Crippen molar-refractivity contribution in [3.63, 3.8) is 0 Å². The molecular formula is C14H13NO2. The first kappa shape index (κ1) is 11.4. The molecule has 0 atom stereocenters. The molecule has 2 aromatic rings. The van der Waals surface area contributed by atoms with Crippen LogP contribution in [-0.2, 0) is 4.84 Å². The van der Waals surface area contributed by atoms with Crippen LogP contribution in [0.15, 0.2) is 48.5 Å². The molecule has 0 unspecified atom stereocenters. The fraction of sp³-hybridized carbons (Fsp3) is 0.0714. The fourth-order valence-electron chi connectivity index (χ4n) is 1.75. The van der Waals surface area contributed by atoms with Crippen molar-refractivity contribution in [3.05, 3.63) is 59.7 Å². The minimum atomic E-state index is -0.527. The van der Waals surface area contributed by atoms with Crippen molar-refractivity contribution < 1.29 is 9.63 Å². The van der Waals surface area contributed by atoms with Gasteiger partial charge < -0.3 is 4.84 Å². The average Bonchev–Trinajstić information content (AvgIpc) is 2.39. The number of hydrogen-bond acceptors (Lipinski definition) is 3. The third-order valence-corrected chi connectivity index (χ3v) is 2.68. The van der Waals surface area contributed by atoms with Crippen LogP contribution in [0.25, 0.3) is 11.1 Å². The molecule has 17 heavy (non-hydrogen) atoms. The number of aryl methyl sites for hydroxylation is 1. The third kappa shape index (κ3) is 2.34. The first-order valence-corrected chi connectivity index (χ1v) is 5.29. The molecule has 0 radical (unpaired) electrons. The Bertz CT molecular complexity index is 532. The van der Waals surface area contributed by atoms with Gasteiger partial charge in [0.1, 0.15) is 0 Å². The first-order valence-electron chi connectivity index (χ1n) is 5.29. The van der Waals surface area contributed by atoms with Crippen LogP contribution in [0.1, 0.15) is 15.9 Å². The van der Waals surface area contributed by atoms with E-state index < -0.39 is 5.97 Å². The summed E-state index contributed by atoms with van der Waals surface area (Å²) in [7, 11) is 0. The Morgan fingerprint density at radius 1 is 1.06 bits per heavy atom. The average molecular weight is 227 g/mol. The Morgan fingerprint density at radius 2 is 1.71 bits per heavy atom. The Labute approximate surface area is 99.8 Å². The van der Waals surface area contributed by atoms with Crippen LogP contribution in [0, 0.1) is 6.92 Å². The van der Waals surface area contributed by atoms with E-state index in [-0.39, 0.29) is 0 Å². The molecule has 0 fully saturated rings. The standard InChI is InChI=1S/C14H13NO2/c1-10-4-2-3-5-13(10)11-6-8-12(9-7-11)14(16)17-15/h2-9H,15H2,1H3. The number of hydrogen-bond donors (Lipinski definition) is 1. The second kappa shape index (κ2) is 4.80. The van der Waals surface area contributed by atoms with Crippen molar-refractivity contribution >= 4 is 5.97 Å². The summed E-state index contributed by atoms with van der Waals surface area (Å²) in [6.07, 6.45) is 0. The molecule has 3 heteroatoms. The van der Waals surface area contributed by atoms with E-state index in [1.54, 1.807) is 12.1 Å². The summed E-state index contributed by atoms with van der Waals surface area (Å²) in [5, 5.41) is 0. The van der Waals surface area contributed by atoms with E-state index >= 15 is 0 Å². The first-order chi connectivity index (χ1) is 8.22. The van der Waals surface area contributed by atoms with Gasteiger partial charge >= 0.3 is 5.97 Å². The zero-order chi connectivity index (χ0) is 12.3. The highest BCUT2D eigenvalue weighted by Crippen LogP contribution is 2.23. The van der Waals surface area contributed by atoms with E-state index in [0.29, 0.717) is 5.56 Å². The van der Waals surface area contributed by atoms with E-state index in [1.807, 2.05) is 30.3 Å². The number of nitrogens with two attached hydrogens (primary N) is 1. The van der Waals surface area contributed by atoms with Crippen LogP contribution in [0.3, 0.4) is 0 Å². The summed E-state index contributed by atoms with van der Waals surface area (Å²) in [5.41, 5.74) is 3.86. The second-order valence-electron chi connectivity index (χ2n) is 3.80. The van der Waals surface area contributed by atoms with Gasteiger partial charge in [-0.2, -0.15) is 5.90 Å². The lowest BCUT2D eigenvalue weighted by molar-refractivity contribution is 0.0503. The molecule has 0 aliphatic carbocycles. The summed E-state index contributed by atoms with van der Waals surface area (Å²) >= 11 is 0. The summed E-state index contributed by atoms with van der Waals surface area (Å²) in [4.78, 5) is 15.3. The number of carbonyl (C=O) groups excluding carboxylic acids is 1. The minimum absolute atomic E-state index is 0.449. The Balaban J connectivity index is 2.36. The fourth-order valence-corrected chi connectivity index (χ4v) is 1.75. The van der Waals surface area contributed by atoms with Crippen molar-refractivity contribution in [1.82, 2.24) is 0 Å². The van der Waals surface area contributed by atoms with Crippen LogP contribution in [0.4, 0.5) is 0 Å². The second-order valence-corrected chi connectivity index (χ2v) is 3.80. The van der Waals surface area contributed by atoms with Gasteiger partial charge in [-0.15, -0.1) is 0 Å². The molecule has 3 nitrogen and oxygen atoms in total. The molecule has 2 rings (SSSR count). The van der Waals surface area contributed by atoms with Gasteiger partial charge in [0.2, 0.25) is 0 Å². The number of carbonyl (C=O) groups is 1. The van der Waals surface area contributed by atoms with Gasteiger partial charge in [0.05, 0.1) is 5.56 Å². The summed E-state index contributed by atoms with van der Waals surface area (Å²) in [6, 6.07) is 15.3. The third-order valence-electron chi connectivity index (χ3n) is 2.68. The minimum Gasteiger partial charge on any atom is -0.370 e. The van der Waals surface area contributed by atoms with Crippen LogP contribution in [-0.4, -0.2) is 5.97 Å². The molecule has 0 heterocycles. The maximum Gasteiger partial charge on any atom is 0.356 e. The van der Waals surface area contributed by atoms with Crippen molar-refractivity contribution in [2.24, 2.45) is 5.90 Å². The van der Waals surface area contributed by atoms with Crippen LogP contribution >= 0.6 is 0 Å². The van der Waals surface area contributed by atoms with Crippen LogP contribution in [0.2, 0.25) is 0 Å². The largest absolute Gasteiger partial charge is 0.370 e. The zero-order valence-electron chi connectivity index (χ0n) is 9.51. The lowest BCUT2D eigenvalue weighted by atomic mass is 10.00. The van der Waals surface area contributed by atoms with E-state index in [4.69, 9.17) is 5.90 Å². The maximum absolute atomic E-state index is 11.2. The molecule has 0 spiro atoms. The van der Waals surface area contributed by atoms with E-state index in [1.165, 1.54) is 5.56 Å². The van der Waals surface area contributed by atoms with E-state index in [9.17, 15) is 4.79 Å². The molecule has 0 saturated carbocycles. The van der Waals surface area contributed by atoms with Gasteiger partial charge in [-0.3, -0.25) is 0 Å². The molecule has 0 aliphatic heterocycles. The van der Waals surface area contributed by atoms with Gasteiger partial charge in [0, 0.05) is 0 Å². The number of benzene rings is 2. The number of rotatable bonds is 2. The quantitative estimate of drug-likeness (QED) is 0.802. The zero-order valence-corrected chi connectivity index (χ0v) is 9.51. The Morgan fingerprint density at radius 3 is 2.29 bits per heavy atom. The molecule has 0 aliphatic rings. The summed E-state index contributed by atoms with van der Waals surface area (Å²) < 4.78 is 0. The van der Waals surface area contributed by atoms with Gasteiger partial charge in [0.25, 0.3) is 0 Å². The normalized spacial score (nSPS) is 10.0. The molecule has 86 valence electrons. The molecule has 0 saturated heterocycles. The lowest BCUT2D eigenvalue weighted by Crippen LogP contribution is -2.09. The summed E-state index contributed by atoms with van der Waals surface area (Å²) in [6.45, 7) is 2.05. The van der Waals surface area contributed by atoms with Crippen LogP contribution < -0.4 is 5.90 Å². The molecular weight excluding hydrogens is 214 g/mol. The molecule has 0 amide bonds. The van der Waals surface area contributed by atoms with Gasteiger partial charge in [-0.05, 0) is 35.7 Å². The highest BCUT2D eigenvalue weighted by Gasteiger charge is 2.06. The van der Waals surface area contributed by atoms with Crippen molar-refractivity contribution in [2.45, 2.75) is 6.92 Å². The predicted molar refractivity (Wildman–Crippen MR) is 66.2 cm³/mol. The van der Waals surface area contributed by atoms with Gasteiger partial charge in [-0.25, -0.2) is 4.79 Å². The van der Waals surface area contributed by atoms with Crippen molar-refractivity contribution in [3.8, 4) is 11.1 Å². The monoisotopic (exact) mass is 227 g/mol. The highest BCUT2D eigenvalue weighted by atomic mass is 16.7. The van der Waals surface area contributed by atoms with E-state index in [0.717, 1.165) is 11.1 Å². The predicted octanol–water partition coefficient (Wildman–Crippen LogP) is 2.69. The van der Waals surface area contributed by atoms with E-state index in [2.05, 4.69) is 17.8 Å². The van der Waals surface area contributed by atoms with Crippen molar-refractivity contribution in [2.75, 3.05) is 0 Å². The molecule has 0 bridgehead atoms. The SMILES string of the molecule is Cc1ccccc1-c1ccc(C(=O)ON)cc1. The maximum atomic E-state index is 11.2. The highest BCUT2D eigenvalue weighted by molar-refractivity contribution is 5.89.